The number of aromatic nitrogens is 2. The molecule has 3 aliphatic rings. The van der Waals surface area contributed by atoms with Crippen molar-refractivity contribution in [3.63, 3.8) is 0 Å². The summed E-state index contributed by atoms with van der Waals surface area (Å²) in [6.45, 7) is 0.714. The van der Waals surface area contributed by atoms with Crippen molar-refractivity contribution in [1.82, 2.24) is 25.5 Å². The number of urea groups is 1. The van der Waals surface area contributed by atoms with Crippen LogP contribution >= 0.6 is 0 Å². The summed E-state index contributed by atoms with van der Waals surface area (Å²) in [5.41, 5.74) is 4.14. The molecule has 5 amide bonds. The number of amides is 5. The van der Waals surface area contributed by atoms with E-state index in [1.165, 1.54) is 16.4 Å². The number of aromatic amines is 1. The van der Waals surface area contributed by atoms with Gasteiger partial charge in [0, 0.05) is 29.7 Å². The highest BCUT2D eigenvalue weighted by Gasteiger charge is 2.36. The third kappa shape index (κ3) is 5.20. The Labute approximate surface area is 224 Å². The molecule has 6 rings (SSSR count). The number of carbonyl (C=O) groups excluding carboxylic acids is 4. The first-order valence-electron chi connectivity index (χ1n) is 13.0. The lowest BCUT2D eigenvalue weighted by atomic mass is 9.83. The first-order valence-corrected chi connectivity index (χ1v) is 13.0. The zero-order chi connectivity index (χ0) is 26.9. The molecule has 0 unspecified atom stereocenters. The Kier molecular flexibility index (Phi) is 6.47. The first kappa shape index (κ1) is 24.7. The van der Waals surface area contributed by atoms with E-state index in [1.54, 1.807) is 6.07 Å². The van der Waals surface area contributed by atoms with Gasteiger partial charge in [-0.2, -0.15) is 5.10 Å². The van der Waals surface area contributed by atoms with Crippen molar-refractivity contribution in [1.29, 1.82) is 0 Å². The first-order chi connectivity index (χ1) is 18.9. The molecule has 0 atom stereocenters. The van der Waals surface area contributed by atoms with E-state index >= 15 is 0 Å². The number of anilines is 1. The fraction of sp³-hybridized carbons (Fsp3) is 0.321. The average Bonchev–Trinajstić information content (AvgIpc) is 3.46. The topological polar surface area (TPSA) is 137 Å². The zero-order valence-corrected chi connectivity index (χ0v) is 21.2. The summed E-state index contributed by atoms with van der Waals surface area (Å²) in [6, 6.07) is 14.1. The summed E-state index contributed by atoms with van der Waals surface area (Å²) in [5.74, 6) is 0.987. The molecule has 1 saturated heterocycles. The molecule has 3 heterocycles. The van der Waals surface area contributed by atoms with E-state index in [0.29, 0.717) is 29.7 Å². The van der Waals surface area contributed by atoms with E-state index in [9.17, 15) is 19.2 Å². The number of H-pyrrole nitrogens is 1. The van der Waals surface area contributed by atoms with Gasteiger partial charge in [-0.15, -0.1) is 0 Å². The second-order valence-electron chi connectivity index (χ2n) is 10.1. The minimum Gasteiger partial charge on any atom is -0.489 e. The highest BCUT2D eigenvalue weighted by Crippen LogP contribution is 2.35. The van der Waals surface area contributed by atoms with Crippen LogP contribution in [0.15, 0.2) is 48.5 Å². The van der Waals surface area contributed by atoms with Gasteiger partial charge in [-0.05, 0) is 53.8 Å². The van der Waals surface area contributed by atoms with Crippen LogP contribution in [-0.2, 0) is 29.2 Å². The van der Waals surface area contributed by atoms with Crippen LogP contribution in [0.25, 0.3) is 0 Å². The number of hydrogen-bond donors (Lipinski definition) is 3. The summed E-state index contributed by atoms with van der Waals surface area (Å²) in [5, 5.41) is 15.0. The maximum Gasteiger partial charge on any atom is 0.342 e. The summed E-state index contributed by atoms with van der Waals surface area (Å²) < 4.78 is 5.92. The van der Waals surface area contributed by atoms with Crippen molar-refractivity contribution < 1.29 is 23.9 Å². The Balaban J connectivity index is 1.01. The summed E-state index contributed by atoms with van der Waals surface area (Å²) in [4.78, 5) is 48.9. The van der Waals surface area contributed by atoms with Crippen LogP contribution in [0.2, 0.25) is 0 Å². The smallest absolute Gasteiger partial charge is 0.342 e. The van der Waals surface area contributed by atoms with Crippen molar-refractivity contribution >= 4 is 29.6 Å². The maximum atomic E-state index is 12.8. The number of hydrazine groups is 1. The number of imide groups is 1. The molecule has 3 aromatic rings. The summed E-state index contributed by atoms with van der Waals surface area (Å²) >= 11 is 0. The normalized spacial score (nSPS) is 17.1. The van der Waals surface area contributed by atoms with Gasteiger partial charge in [0.15, 0.2) is 5.82 Å². The molecule has 3 N–H and O–H groups in total. The number of benzene rings is 2. The predicted octanol–water partition coefficient (Wildman–Crippen LogP) is 3.25. The van der Waals surface area contributed by atoms with Crippen LogP contribution in [-0.4, -0.2) is 50.5 Å². The Morgan fingerprint density at radius 2 is 1.82 bits per heavy atom. The van der Waals surface area contributed by atoms with Gasteiger partial charge in [0.05, 0.1) is 19.5 Å². The van der Waals surface area contributed by atoms with E-state index in [0.717, 1.165) is 35.2 Å². The SMILES string of the molecule is O=C1CCN(N2Cc3cc(COc4ccc(CC(=O)Nc5cc(C6CCC6)[nH]n5)cc4)ccc3C2=O)C(=O)N1. The molecule has 1 aliphatic carbocycles. The number of carbonyl (C=O) groups is 4. The lowest BCUT2D eigenvalue weighted by Crippen LogP contribution is -2.56. The van der Waals surface area contributed by atoms with Crippen LogP contribution < -0.4 is 15.4 Å². The van der Waals surface area contributed by atoms with Gasteiger partial charge in [0.25, 0.3) is 5.91 Å². The van der Waals surface area contributed by atoms with Gasteiger partial charge in [0.2, 0.25) is 11.8 Å². The fourth-order valence-electron chi connectivity index (χ4n) is 5.00. The molecule has 0 spiro atoms. The number of nitrogens with zero attached hydrogens (tertiary/aromatic N) is 3. The number of ether oxygens (including phenoxy) is 1. The van der Waals surface area contributed by atoms with Gasteiger partial charge < -0.3 is 10.1 Å². The van der Waals surface area contributed by atoms with Crippen molar-refractivity contribution in [2.45, 2.75) is 51.2 Å². The zero-order valence-electron chi connectivity index (χ0n) is 21.2. The van der Waals surface area contributed by atoms with Gasteiger partial charge in [-0.3, -0.25) is 24.8 Å². The maximum absolute atomic E-state index is 12.8. The van der Waals surface area contributed by atoms with Crippen LogP contribution in [0.1, 0.15) is 64.3 Å². The fourth-order valence-corrected chi connectivity index (χ4v) is 5.00. The molecule has 11 nitrogen and oxygen atoms in total. The molecule has 39 heavy (non-hydrogen) atoms. The van der Waals surface area contributed by atoms with Gasteiger partial charge in [-0.1, -0.05) is 24.6 Å². The molecular weight excluding hydrogens is 500 g/mol. The van der Waals surface area contributed by atoms with Crippen LogP contribution in [0.3, 0.4) is 0 Å². The Morgan fingerprint density at radius 3 is 2.56 bits per heavy atom. The third-order valence-electron chi connectivity index (χ3n) is 7.38. The van der Waals surface area contributed by atoms with Crippen molar-refractivity contribution in [3.05, 3.63) is 76.5 Å². The van der Waals surface area contributed by atoms with E-state index in [2.05, 4.69) is 20.8 Å². The number of fused-ring (bicyclic) bond motifs is 1. The second kappa shape index (κ2) is 10.2. The molecule has 1 saturated carbocycles. The Morgan fingerprint density at radius 1 is 1.03 bits per heavy atom. The van der Waals surface area contributed by atoms with E-state index in [-0.39, 0.29) is 43.7 Å². The molecule has 2 fully saturated rings. The van der Waals surface area contributed by atoms with Crippen LogP contribution in [0, 0.1) is 0 Å². The lowest BCUT2D eigenvalue weighted by molar-refractivity contribution is -0.123. The van der Waals surface area contributed by atoms with Crippen LogP contribution in [0.5, 0.6) is 5.75 Å². The summed E-state index contributed by atoms with van der Waals surface area (Å²) in [7, 11) is 0. The standard InChI is InChI=1S/C28H28N6O5/c35-25-10-11-33(28(38)30-25)34-15-20-12-18(6-9-22(20)27(34)37)16-39-21-7-4-17(5-8-21)13-26(36)29-24-14-23(31-32-24)19-2-1-3-19/h4-9,12,14,19H,1-3,10-11,13,15-16H2,(H,30,35,38)(H2,29,31,32,36). The third-order valence-corrected chi connectivity index (χ3v) is 7.38. The average molecular weight is 529 g/mol. The van der Waals surface area contributed by atoms with E-state index in [4.69, 9.17) is 4.74 Å². The molecular formula is C28H28N6O5. The minimum atomic E-state index is -0.587. The predicted molar refractivity (Wildman–Crippen MR) is 139 cm³/mol. The monoisotopic (exact) mass is 528 g/mol. The molecule has 11 heteroatoms. The van der Waals surface area contributed by atoms with Crippen molar-refractivity contribution in [2.75, 3.05) is 11.9 Å². The molecule has 200 valence electrons. The number of rotatable bonds is 8. The molecule has 0 bridgehead atoms. The lowest BCUT2D eigenvalue weighted by Gasteiger charge is -2.33. The van der Waals surface area contributed by atoms with Gasteiger partial charge in [-0.25, -0.2) is 14.8 Å². The second-order valence-corrected chi connectivity index (χ2v) is 10.1. The van der Waals surface area contributed by atoms with E-state index < -0.39 is 6.03 Å². The van der Waals surface area contributed by atoms with Crippen molar-refractivity contribution in [2.24, 2.45) is 0 Å². The largest absolute Gasteiger partial charge is 0.489 e. The van der Waals surface area contributed by atoms with Crippen molar-refractivity contribution in [3.8, 4) is 5.75 Å². The molecule has 2 aliphatic heterocycles. The van der Waals surface area contributed by atoms with Gasteiger partial charge >= 0.3 is 6.03 Å². The highest BCUT2D eigenvalue weighted by atomic mass is 16.5. The molecule has 2 aromatic carbocycles. The number of nitrogens with one attached hydrogen (secondary N) is 3. The molecule has 1 aromatic heterocycles. The highest BCUT2D eigenvalue weighted by molar-refractivity contribution is 6.02. The Hall–Kier alpha value is -4.67. The number of hydrogen-bond acceptors (Lipinski definition) is 6. The summed E-state index contributed by atoms with van der Waals surface area (Å²) in [6.07, 6.45) is 3.95. The quantitative estimate of drug-likeness (QED) is 0.411. The van der Waals surface area contributed by atoms with E-state index in [1.807, 2.05) is 42.5 Å². The van der Waals surface area contributed by atoms with Crippen LogP contribution in [0.4, 0.5) is 10.6 Å². The van der Waals surface area contributed by atoms with Gasteiger partial charge in [0.1, 0.15) is 12.4 Å². The molecule has 0 radical (unpaired) electrons. The Bertz CT molecular complexity index is 1440. The minimum absolute atomic E-state index is 0.134.